The summed E-state index contributed by atoms with van der Waals surface area (Å²) in [5, 5.41) is 4.52. The van der Waals surface area contributed by atoms with Crippen LogP contribution in [0.3, 0.4) is 0 Å². The van der Waals surface area contributed by atoms with E-state index in [9.17, 15) is 13.2 Å². The molecule has 0 atom stereocenters. The molecule has 0 spiro atoms. The average Bonchev–Trinajstić information content (AvgIpc) is 4.26. The van der Waals surface area contributed by atoms with Gasteiger partial charge in [-0.15, -0.1) is 0 Å². The van der Waals surface area contributed by atoms with E-state index in [1.807, 2.05) is 36.4 Å². The summed E-state index contributed by atoms with van der Waals surface area (Å²) in [4.78, 5) is 14.3. The number of benzene rings is 7. The average molecular weight is 1010 g/mol. The molecule has 0 saturated carbocycles. The first kappa shape index (κ1) is 45.3. The molecule has 7 aromatic carbocycles. The number of rotatable bonds is 4. The maximum atomic E-state index is 16.1. The van der Waals surface area contributed by atoms with E-state index in [1.165, 1.54) is 12.1 Å². The van der Waals surface area contributed by atoms with E-state index in [2.05, 4.69) is 19.9 Å². The van der Waals surface area contributed by atoms with Crippen molar-refractivity contribution in [1.82, 2.24) is 19.9 Å². The number of nitrogens with zero attached hydrogens (tertiary/aromatic N) is 2. The number of halogens is 15. The van der Waals surface area contributed by atoms with E-state index in [4.69, 9.17) is 0 Å². The lowest BCUT2D eigenvalue weighted by Gasteiger charge is -2.15. The Morgan fingerprint density at radius 2 is 0.548 bits per heavy atom. The standard InChI is InChI=1S/C54H19F15N4/c55-40-37(41(56)47(62)52(67)46(40)61)34-25-12-10-23(70-25)33(22-9-7-20-5-4-18-2-1-3-19-6-8-21(22)32(20)31(18)19)24-11-13-26(71-24)35(38-42(57)48(63)53(68)49(64)43(38)58)28-15-17-30(73-28)36(29-16-14-27(34)72-29)39-44(59)50(65)54(69)51(66)45(39)60/h1-17,70,73H. The zero-order valence-electron chi connectivity index (χ0n) is 35.9. The first-order valence-electron chi connectivity index (χ1n) is 21.3. The second-order valence-corrected chi connectivity index (χ2v) is 16.8. The Bertz CT molecular complexity index is 4230. The Kier molecular flexibility index (Phi) is 9.97. The van der Waals surface area contributed by atoms with Crippen LogP contribution < -0.4 is 0 Å². The topological polar surface area (TPSA) is 57.4 Å². The Labute approximate surface area is 397 Å². The van der Waals surface area contributed by atoms with Crippen molar-refractivity contribution < 1.29 is 65.9 Å². The highest BCUT2D eigenvalue weighted by Crippen LogP contribution is 2.46. The van der Waals surface area contributed by atoms with Crippen molar-refractivity contribution in [3.63, 3.8) is 0 Å². The Morgan fingerprint density at radius 3 is 0.918 bits per heavy atom. The minimum atomic E-state index is -2.61. The fourth-order valence-electron chi connectivity index (χ4n) is 9.70. The summed E-state index contributed by atoms with van der Waals surface area (Å²) >= 11 is 0. The number of hydrogen-bond donors (Lipinski definition) is 2. The highest BCUT2D eigenvalue weighted by Gasteiger charge is 2.34. The summed E-state index contributed by atoms with van der Waals surface area (Å²) in [6.45, 7) is 0. The van der Waals surface area contributed by atoms with Crippen LogP contribution in [0.15, 0.2) is 78.9 Å². The van der Waals surface area contributed by atoms with Crippen LogP contribution in [0, 0.1) is 87.3 Å². The zero-order chi connectivity index (χ0) is 51.2. The number of nitrogens with one attached hydrogen (secondary N) is 2. The van der Waals surface area contributed by atoms with Gasteiger partial charge in [0.1, 0.15) is 0 Å². The molecule has 10 aromatic rings. The monoisotopic (exact) mass is 1010 g/mol. The third-order valence-electron chi connectivity index (χ3n) is 12.9. The molecule has 19 heteroatoms. The Hall–Kier alpha value is -8.87. The molecule has 2 N–H and O–H groups in total. The molecule has 5 heterocycles. The normalized spacial score (nSPS) is 12.5. The minimum Gasteiger partial charge on any atom is -0.354 e. The first-order valence-corrected chi connectivity index (χ1v) is 21.3. The van der Waals surface area contributed by atoms with E-state index in [-0.39, 0.29) is 16.8 Å². The quantitative estimate of drug-likeness (QED) is 0.0799. The fourth-order valence-corrected chi connectivity index (χ4v) is 9.70. The van der Waals surface area contributed by atoms with E-state index in [0.29, 0.717) is 10.9 Å². The van der Waals surface area contributed by atoms with Gasteiger partial charge in [0.25, 0.3) is 0 Å². The lowest BCUT2D eigenvalue weighted by Crippen LogP contribution is -2.06. The van der Waals surface area contributed by atoms with Crippen molar-refractivity contribution in [3.8, 4) is 44.5 Å². The maximum Gasteiger partial charge on any atom is 0.200 e. The molecule has 73 heavy (non-hydrogen) atoms. The molecular weight excluding hydrogens is 990 g/mol. The molecule has 0 saturated heterocycles. The van der Waals surface area contributed by atoms with Crippen LogP contribution in [-0.4, -0.2) is 19.9 Å². The van der Waals surface area contributed by atoms with Gasteiger partial charge in [-0.2, -0.15) is 0 Å². The predicted octanol–water partition coefficient (Wildman–Crippen LogP) is 16.3. The molecule has 2 aliphatic heterocycles. The van der Waals surface area contributed by atoms with Gasteiger partial charge >= 0.3 is 0 Å². The number of fused-ring (bicyclic) bond motifs is 8. The maximum absolute atomic E-state index is 16.1. The highest BCUT2D eigenvalue weighted by molar-refractivity contribution is 6.26. The lowest BCUT2D eigenvalue weighted by atomic mass is 9.89. The van der Waals surface area contributed by atoms with Gasteiger partial charge in [-0.3, -0.25) is 0 Å². The fraction of sp³-hybridized carbons (Fsp3) is 0. The van der Waals surface area contributed by atoms with Crippen molar-refractivity contribution in [2.45, 2.75) is 0 Å². The molecule has 360 valence electrons. The van der Waals surface area contributed by atoms with E-state index < -0.39 is 154 Å². The molecule has 12 rings (SSSR count). The van der Waals surface area contributed by atoms with Crippen LogP contribution in [-0.2, 0) is 0 Å². The molecule has 3 aromatic heterocycles. The van der Waals surface area contributed by atoms with Crippen LogP contribution in [0.5, 0.6) is 0 Å². The van der Waals surface area contributed by atoms with E-state index in [0.717, 1.165) is 63.4 Å². The molecule has 0 fully saturated rings. The van der Waals surface area contributed by atoms with Gasteiger partial charge in [0.2, 0.25) is 17.5 Å². The van der Waals surface area contributed by atoms with Gasteiger partial charge < -0.3 is 9.97 Å². The van der Waals surface area contributed by atoms with Crippen molar-refractivity contribution in [1.29, 1.82) is 0 Å². The zero-order valence-corrected chi connectivity index (χ0v) is 35.9. The summed E-state index contributed by atoms with van der Waals surface area (Å²) < 4.78 is 231. The van der Waals surface area contributed by atoms with Gasteiger partial charge in [0.15, 0.2) is 69.8 Å². The van der Waals surface area contributed by atoms with Gasteiger partial charge in [-0.1, -0.05) is 54.6 Å². The second-order valence-electron chi connectivity index (χ2n) is 16.8. The molecule has 0 amide bonds. The van der Waals surface area contributed by atoms with Crippen LogP contribution >= 0.6 is 0 Å². The molecule has 0 aliphatic carbocycles. The summed E-state index contributed by atoms with van der Waals surface area (Å²) in [6.07, 6.45) is 4.05. The second kappa shape index (κ2) is 16.1. The van der Waals surface area contributed by atoms with E-state index in [1.54, 1.807) is 18.2 Å². The molecular formula is C54H19F15N4. The molecule has 0 radical (unpaired) electrons. The molecule has 4 nitrogen and oxygen atoms in total. The SMILES string of the molecule is Fc1c(F)c(F)c(-c2c3nc(c(-c4c(F)c(F)c(F)c(F)c4F)c4ccc([nH]4)c(-c4ccc5ccc6cccc7ccc4c5c67)c4nc(c(-c5c(F)c(F)c(F)c(F)c5F)c5ccc2[nH]5)C=C4)C=C3)c(F)c1F. The lowest BCUT2D eigenvalue weighted by molar-refractivity contribution is 0.381. The summed E-state index contributed by atoms with van der Waals surface area (Å²) in [5.41, 5.74) is -11.4. The molecule has 2 aliphatic rings. The van der Waals surface area contributed by atoms with E-state index >= 15 is 52.7 Å². The van der Waals surface area contributed by atoms with Crippen LogP contribution in [0.2, 0.25) is 0 Å². The predicted molar refractivity (Wildman–Crippen MR) is 244 cm³/mol. The van der Waals surface area contributed by atoms with Crippen LogP contribution in [0.1, 0.15) is 22.8 Å². The van der Waals surface area contributed by atoms with Crippen molar-refractivity contribution in [2.75, 3.05) is 0 Å². The van der Waals surface area contributed by atoms with Crippen LogP contribution in [0.4, 0.5) is 65.9 Å². The number of aromatic nitrogens is 4. The number of H-pyrrole nitrogens is 2. The van der Waals surface area contributed by atoms with Crippen LogP contribution in [0.25, 0.3) is 123 Å². The minimum absolute atomic E-state index is 0.0384. The Morgan fingerprint density at radius 1 is 0.260 bits per heavy atom. The number of hydrogen-bond acceptors (Lipinski definition) is 2. The third kappa shape index (κ3) is 6.39. The molecule has 0 unspecified atom stereocenters. The van der Waals surface area contributed by atoms with Crippen molar-refractivity contribution >= 4 is 78.7 Å². The van der Waals surface area contributed by atoms with Gasteiger partial charge in [0, 0.05) is 44.3 Å². The molecule has 8 bridgehead atoms. The smallest absolute Gasteiger partial charge is 0.200 e. The van der Waals surface area contributed by atoms with Gasteiger partial charge in [0.05, 0.1) is 39.5 Å². The third-order valence-corrected chi connectivity index (χ3v) is 12.9. The Balaban J connectivity index is 1.33. The summed E-state index contributed by atoms with van der Waals surface area (Å²) in [6, 6.07) is 20.5. The van der Waals surface area contributed by atoms with Crippen molar-refractivity contribution in [3.05, 3.63) is 189 Å². The number of aromatic amines is 2. The van der Waals surface area contributed by atoms with Gasteiger partial charge in [-0.25, -0.2) is 75.8 Å². The van der Waals surface area contributed by atoms with Gasteiger partial charge in [-0.05, 0) is 86.5 Å². The summed E-state index contributed by atoms with van der Waals surface area (Å²) in [7, 11) is 0. The highest BCUT2D eigenvalue weighted by atomic mass is 19.2. The largest absolute Gasteiger partial charge is 0.354 e. The first-order chi connectivity index (χ1) is 35.0. The summed E-state index contributed by atoms with van der Waals surface area (Å²) in [5.74, 6) is -36.7. The van der Waals surface area contributed by atoms with Crippen molar-refractivity contribution in [2.24, 2.45) is 0 Å².